The van der Waals surface area contributed by atoms with E-state index in [0.29, 0.717) is 17.1 Å². The second kappa shape index (κ2) is 3.89. The Kier molecular flexibility index (Phi) is 2.74. The lowest BCUT2D eigenvalue weighted by molar-refractivity contribution is -0.00605. The summed E-state index contributed by atoms with van der Waals surface area (Å²) in [7, 11) is 0. The Morgan fingerprint density at radius 2 is 2.20 bits per heavy atom. The molecule has 15 heavy (non-hydrogen) atoms. The third-order valence-electron chi connectivity index (χ3n) is 2.46. The van der Waals surface area contributed by atoms with Crippen LogP contribution in [0.2, 0.25) is 5.02 Å². The summed E-state index contributed by atoms with van der Waals surface area (Å²) in [4.78, 5) is 4.11. The lowest BCUT2D eigenvalue weighted by atomic mass is 9.94. The SMILES string of the molecule is FC1(F)CC=C(c2cc(Cl)ccn2)CC1. The highest BCUT2D eigenvalue weighted by Gasteiger charge is 2.31. The summed E-state index contributed by atoms with van der Waals surface area (Å²) in [6.07, 6.45) is 3.21. The number of alkyl halides is 2. The smallest absolute Gasteiger partial charge is 0.251 e. The summed E-state index contributed by atoms with van der Waals surface area (Å²) in [6.45, 7) is 0. The lowest BCUT2D eigenvalue weighted by Crippen LogP contribution is -2.18. The molecule has 0 bridgehead atoms. The van der Waals surface area contributed by atoms with Crippen molar-refractivity contribution in [3.63, 3.8) is 0 Å². The molecule has 0 radical (unpaired) electrons. The van der Waals surface area contributed by atoms with E-state index in [9.17, 15) is 8.78 Å². The Hall–Kier alpha value is -0.960. The van der Waals surface area contributed by atoms with Crippen molar-refractivity contribution in [1.82, 2.24) is 4.98 Å². The summed E-state index contributed by atoms with van der Waals surface area (Å²) < 4.78 is 25.8. The Bertz CT molecular complexity index is 401. The van der Waals surface area contributed by atoms with E-state index in [1.165, 1.54) is 0 Å². The molecule has 80 valence electrons. The van der Waals surface area contributed by atoms with Crippen LogP contribution in [0, 0.1) is 0 Å². The molecule has 1 aromatic heterocycles. The van der Waals surface area contributed by atoms with Crippen molar-refractivity contribution in [3.8, 4) is 0 Å². The molecule has 0 saturated carbocycles. The average Bonchev–Trinajstić information content (AvgIpc) is 2.17. The van der Waals surface area contributed by atoms with Gasteiger partial charge in [0.25, 0.3) is 5.92 Å². The predicted molar refractivity (Wildman–Crippen MR) is 56.0 cm³/mol. The fraction of sp³-hybridized carbons (Fsp3) is 0.364. The number of hydrogen-bond donors (Lipinski definition) is 0. The molecule has 0 aromatic carbocycles. The van der Waals surface area contributed by atoms with E-state index in [4.69, 9.17) is 11.6 Å². The molecular formula is C11H10ClF2N. The number of nitrogens with zero attached hydrogens (tertiary/aromatic N) is 1. The average molecular weight is 230 g/mol. The van der Waals surface area contributed by atoms with Gasteiger partial charge in [-0.3, -0.25) is 4.98 Å². The molecule has 1 aliphatic rings. The fourth-order valence-corrected chi connectivity index (χ4v) is 1.77. The van der Waals surface area contributed by atoms with Gasteiger partial charge in [-0.15, -0.1) is 0 Å². The number of pyridine rings is 1. The van der Waals surface area contributed by atoms with Gasteiger partial charge in [0.1, 0.15) is 0 Å². The van der Waals surface area contributed by atoms with Crippen molar-refractivity contribution >= 4 is 17.2 Å². The van der Waals surface area contributed by atoms with E-state index in [2.05, 4.69) is 4.98 Å². The summed E-state index contributed by atoms with van der Waals surface area (Å²) in [5, 5.41) is 0.582. The second-order valence-electron chi connectivity index (χ2n) is 3.65. The Balaban J connectivity index is 2.23. The molecule has 4 heteroatoms. The van der Waals surface area contributed by atoms with Gasteiger partial charge >= 0.3 is 0 Å². The molecule has 0 N–H and O–H groups in total. The molecular weight excluding hydrogens is 220 g/mol. The minimum absolute atomic E-state index is 0.104. The molecule has 1 heterocycles. The van der Waals surface area contributed by atoms with E-state index in [1.54, 1.807) is 24.4 Å². The normalized spacial score (nSPS) is 19.8. The summed E-state index contributed by atoms with van der Waals surface area (Å²) in [5.74, 6) is -2.55. The molecule has 0 saturated heterocycles. The maximum absolute atomic E-state index is 12.9. The van der Waals surface area contributed by atoms with Crippen LogP contribution < -0.4 is 0 Å². The zero-order chi connectivity index (χ0) is 10.9. The number of hydrogen-bond acceptors (Lipinski definition) is 1. The highest BCUT2D eigenvalue weighted by molar-refractivity contribution is 6.30. The third-order valence-corrected chi connectivity index (χ3v) is 2.69. The highest BCUT2D eigenvalue weighted by Crippen LogP contribution is 2.35. The summed E-state index contributed by atoms with van der Waals surface area (Å²) >= 11 is 5.80. The number of allylic oxidation sites excluding steroid dienone is 2. The largest absolute Gasteiger partial charge is 0.257 e. The van der Waals surface area contributed by atoms with Gasteiger partial charge in [-0.2, -0.15) is 0 Å². The van der Waals surface area contributed by atoms with Gasteiger partial charge in [0.15, 0.2) is 0 Å². The van der Waals surface area contributed by atoms with Gasteiger partial charge in [-0.25, -0.2) is 8.78 Å². The first kappa shape index (κ1) is 10.6. The van der Waals surface area contributed by atoms with Crippen molar-refractivity contribution in [2.45, 2.75) is 25.2 Å². The number of halogens is 3. The predicted octanol–water partition coefficient (Wildman–Crippen LogP) is 3.94. The van der Waals surface area contributed by atoms with Crippen molar-refractivity contribution in [3.05, 3.63) is 35.1 Å². The van der Waals surface area contributed by atoms with Gasteiger partial charge in [-0.05, 0) is 24.1 Å². The Morgan fingerprint density at radius 1 is 1.40 bits per heavy atom. The third kappa shape index (κ3) is 2.53. The molecule has 0 fully saturated rings. The molecule has 0 spiro atoms. The van der Waals surface area contributed by atoms with Crippen LogP contribution in [0.4, 0.5) is 8.78 Å². The van der Waals surface area contributed by atoms with Crippen molar-refractivity contribution in [1.29, 1.82) is 0 Å². The first-order valence-corrected chi connectivity index (χ1v) is 5.13. The molecule has 1 aromatic rings. The summed E-state index contributed by atoms with van der Waals surface area (Å²) in [5.41, 5.74) is 1.57. The maximum atomic E-state index is 12.9. The van der Waals surface area contributed by atoms with Crippen molar-refractivity contribution in [2.75, 3.05) is 0 Å². The van der Waals surface area contributed by atoms with Gasteiger partial charge < -0.3 is 0 Å². The van der Waals surface area contributed by atoms with E-state index < -0.39 is 5.92 Å². The minimum Gasteiger partial charge on any atom is -0.257 e. The zero-order valence-corrected chi connectivity index (χ0v) is 8.77. The second-order valence-corrected chi connectivity index (χ2v) is 4.09. The lowest BCUT2D eigenvalue weighted by Gasteiger charge is -2.21. The first-order chi connectivity index (χ1) is 7.07. The molecule has 0 aliphatic heterocycles. The van der Waals surface area contributed by atoms with Crippen LogP contribution in [0.5, 0.6) is 0 Å². The van der Waals surface area contributed by atoms with Crippen LogP contribution >= 0.6 is 11.6 Å². The van der Waals surface area contributed by atoms with E-state index in [1.807, 2.05) is 0 Å². The Morgan fingerprint density at radius 3 is 2.80 bits per heavy atom. The molecule has 0 amide bonds. The number of aromatic nitrogens is 1. The monoisotopic (exact) mass is 229 g/mol. The van der Waals surface area contributed by atoms with Gasteiger partial charge in [0, 0.05) is 24.1 Å². The topological polar surface area (TPSA) is 12.9 Å². The molecule has 2 rings (SSSR count). The van der Waals surface area contributed by atoms with Crippen LogP contribution in [-0.4, -0.2) is 10.9 Å². The standard InChI is InChI=1S/C11H10ClF2N/c12-9-3-6-15-10(7-9)8-1-4-11(13,14)5-2-8/h1,3,6-7H,2,4-5H2. The van der Waals surface area contributed by atoms with Crippen LogP contribution in [-0.2, 0) is 0 Å². The van der Waals surface area contributed by atoms with Gasteiger partial charge in [-0.1, -0.05) is 17.7 Å². The van der Waals surface area contributed by atoms with Crippen molar-refractivity contribution in [2.24, 2.45) is 0 Å². The van der Waals surface area contributed by atoms with E-state index in [0.717, 1.165) is 5.57 Å². The Labute approximate surface area is 91.8 Å². The molecule has 0 atom stereocenters. The fourth-order valence-electron chi connectivity index (χ4n) is 1.61. The van der Waals surface area contributed by atoms with Crippen LogP contribution in [0.15, 0.2) is 24.4 Å². The van der Waals surface area contributed by atoms with Crippen LogP contribution in [0.1, 0.15) is 25.0 Å². The molecule has 0 unspecified atom stereocenters. The van der Waals surface area contributed by atoms with Gasteiger partial charge in [0.05, 0.1) is 5.69 Å². The number of rotatable bonds is 1. The van der Waals surface area contributed by atoms with Gasteiger partial charge in [0.2, 0.25) is 0 Å². The highest BCUT2D eigenvalue weighted by atomic mass is 35.5. The summed E-state index contributed by atoms with van der Waals surface area (Å²) in [6, 6.07) is 3.37. The van der Waals surface area contributed by atoms with Crippen LogP contribution in [0.3, 0.4) is 0 Å². The zero-order valence-electron chi connectivity index (χ0n) is 8.01. The maximum Gasteiger partial charge on any atom is 0.251 e. The first-order valence-electron chi connectivity index (χ1n) is 4.76. The molecule has 1 aliphatic carbocycles. The van der Waals surface area contributed by atoms with Crippen molar-refractivity contribution < 1.29 is 8.78 Å². The quantitative estimate of drug-likeness (QED) is 0.711. The molecule has 1 nitrogen and oxygen atoms in total. The van der Waals surface area contributed by atoms with E-state index in [-0.39, 0.29) is 12.8 Å². The minimum atomic E-state index is -2.55. The van der Waals surface area contributed by atoms with Crippen LogP contribution in [0.25, 0.3) is 5.57 Å². The van der Waals surface area contributed by atoms with E-state index >= 15 is 0 Å².